The van der Waals surface area contributed by atoms with E-state index >= 15 is 0 Å². The fourth-order valence-corrected chi connectivity index (χ4v) is 3.98. The van der Waals surface area contributed by atoms with Crippen LogP contribution in [-0.4, -0.2) is 27.8 Å². The summed E-state index contributed by atoms with van der Waals surface area (Å²) in [4.78, 5) is 19.8. The standard InChI is InChI=1S/C21H20N4O2S/c1-3-25-18(11-12-22-25)20(26)24(14-15-7-5-4-6-8-15)21-23-17-13-16(27-2)9-10-19(17)28-21/h4-13H,3,14H2,1-2H3. The molecule has 2 heterocycles. The average Bonchev–Trinajstić information content (AvgIpc) is 3.38. The molecule has 0 aliphatic rings. The number of ether oxygens (including phenoxy) is 1. The second kappa shape index (κ2) is 7.82. The largest absolute Gasteiger partial charge is 0.497 e. The summed E-state index contributed by atoms with van der Waals surface area (Å²) in [5, 5.41) is 4.89. The van der Waals surface area contributed by atoms with E-state index in [-0.39, 0.29) is 5.91 Å². The number of carbonyl (C=O) groups excluding carboxylic acids is 1. The van der Waals surface area contributed by atoms with Gasteiger partial charge in [-0.05, 0) is 30.7 Å². The first-order chi connectivity index (χ1) is 13.7. The van der Waals surface area contributed by atoms with Gasteiger partial charge in [0.15, 0.2) is 5.13 Å². The summed E-state index contributed by atoms with van der Waals surface area (Å²) in [6.45, 7) is 3.03. The molecule has 7 heteroatoms. The molecule has 0 saturated carbocycles. The van der Waals surface area contributed by atoms with Gasteiger partial charge in [0.1, 0.15) is 11.4 Å². The Morgan fingerprint density at radius 3 is 2.75 bits per heavy atom. The summed E-state index contributed by atoms with van der Waals surface area (Å²) in [5.41, 5.74) is 2.40. The van der Waals surface area contributed by atoms with Crippen molar-refractivity contribution in [2.45, 2.75) is 20.0 Å². The molecule has 0 atom stereocenters. The smallest absolute Gasteiger partial charge is 0.278 e. The van der Waals surface area contributed by atoms with Crippen molar-refractivity contribution in [2.75, 3.05) is 12.0 Å². The normalized spacial score (nSPS) is 10.9. The third-order valence-corrected chi connectivity index (χ3v) is 5.54. The van der Waals surface area contributed by atoms with Gasteiger partial charge >= 0.3 is 0 Å². The van der Waals surface area contributed by atoms with Gasteiger partial charge in [0.25, 0.3) is 5.91 Å². The van der Waals surface area contributed by atoms with Crippen molar-refractivity contribution in [3.05, 3.63) is 72.1 Å². The second-order valence-electron chi connectivity index (χ2n) is 6.24. The van der Waals surface area contributed by atoms with Crippen LogP contribution in [0.4, 0.5) is 5.13 Å². The monoisotopic (exact) mass is 392 g/mol. The summed E-state index contributed by atoms with van der Waals surface area (Å²) >= 11 is 1.49. The van der Waals surface area contributed by atoms with E-state index in [0.717, 1.165) is 21.5 Å². The second-order valence-corrected chi connectivity index (χ2v) is 7.25. The van der Waals surface area contributed by atoms with Gasteiger partial charge in [-0.25, -0.2) is 4.98 Å². The minimum atomic E-state index is -0.116. The number of amides is 1. The first-order valence-electron chi connectivity index (χ1n) is 9.01. The lowest BCUT2D eigenvalue weighted by molar-refractivity contribution is 0.0975. The number of anilines is 1. The van der Waals surface area contributed by atoms with Crippen LogP contribution in [0.3, 0.4) is 0 Å². The van der Waals surface area contributed by atoms with Crippen LogP contribution in [0.1, 0.15) is 23.0 Å². The van der Waals surface area contributed by atoms with Gasteiger partial charge in [0.05, 0.1) is 23.9 Å². The fraction of sp³-hybridized carbons (Fsp3) is 0.190. The topological polar surface area (TPSA) is 60.2 Å². The van der Waals surface area contributed by atoms with Gasteiger partial charge in [0.2, 0.25) is 0 Å². The predicted molar refractivity (Wildman–Crippen MR) is 111 cm³/mol. The minimum absolute atomic E-state index is 0.116. The van der Waals surface area contributed by atoms with E-state index in [1.165, 1.54) is 11.3 Å². The van der Waals surface area contributed by atoms with E-state index in [2.05, 4.69) is 5.10 Å². The molecule has 0 saturated heterocycles. The molecule has 0 unspecified atom stereocenters. The number of hydrogen-bond acceptors (Lipinski definition) is 5. The highest BCUT2D eigenvalue weighted by Crippen LogP contribution is 2.32. The molecule has 0 spiro atoms. The lowest BCUT2D eigenvalue weighted by Gasteiger charge is -2.20. The molecule has 1 amide bonds. The Kier molecular flexibility index (Phi) is 5.08. The average molecular weight is 392 g/mol. The molecule has 6 nitrogen and oxygen atoms in total. The highest BCUT2D eigenvalue weighted by molar-refractivity contribution is 7.22. The summed E-state index contributed by atoms with van der Waals surface area (Å²) in [7, 11) is 1.63. The van der Waals surface area contributed by atoms with Crippen LogP contribution in [0.2, 0.25) is 0 Å². The molecule has 0 radical (unpaired) electrons. The van der Waals surface area contributed by atoms with Crippen LogP contribution >= 0.6 is 11.3 Å². The van der Waals surface area contributed by atoms with Crippen molar-refractivity contribution in [2.24, 2.45) is 0 Å². The molecular formula is C21H20N4O2S. The number of carbonyl (C=O) groups is 1. The number of hydrogen-bond donors (Lipinski definition) is 0. The van der Waals surface area contributed by atoms with Crippen LogP contribution in [0.15, 0.2) is 60.8 Å². The van der Waals surface area contributed by atoms with E-state index in [1.54, 1.807) is 29.0 Å². The Labute approximate surface area is 167 Å². The van der Waals surface area contributed by atoms with E-state index in [1.807, 2.05) is 55.5 Å². The van der Waals surface area contributed by atoms with Crippen molar-refractivity contribution >= 4 is 32.6 Å². The van der Waals surface area contributed by atoms with Gasteiger partial charge in [-0.15, -0.1) is 0 Å². The van der Waals surface area contributed by atoms with Crippen molar-refractivity contribution in [3.8, 4) is 5.75 Å². The van der Waals surface area contributed by atoms with Gasteiger partial charge in [0, 0.05) is 18.8 Å². The maximum absolute atomic E-state index is 13.4. The van der Waals surface area contributed by atoms with Crippen LogP contribution in [-0.2, 0) is 13.1 Å². The number of aryl methyl sites for hydroxylation is 1. The highest BCUT2D eigenvalue weighted by atomic mass is 32.1. The number of thiazole rings is 1. The molecule has 0 aliphatic heterocycles. The maximum atomic E-state index is 13.4. The zero-order chi connectivity index (χ0) is 19.5. The lowest BCUT2D eigenvalue weighted by atomic mass is 10.2. The first-order valence-corrected chi connectivity index (χ1v) is 9.83. The highest BCUT2D eigenvalue weighted by Gasteiger charge is 2.24. The molecule has 0 N–H and O–H groups in total. The summed E-state index contributed by atoms with van der Waals surface area (Å²) in [6.07, 6.45) is 1.65. The lowest BCUT2D eigenvalue weighted by Crippen LogP contribution is -2.32. The predicted octanol–water partition coefficient (Wildman–Crippen LogP) is 4.37. The summed E-state index contributed by atoms with van der Waals surface area (Å²) in [6, 6.07) is 17.4. The minimum Gasteiger partial charge on any atom is -0.497 e. The van der Waals surface area contributed by atoms with Gasteiger partial charge in [-0.2, -0.15) is 5.10 Å². The molecule has 28 heavy (non-hydrogen) atoms. The number of nitrogens with zero attached hydrogens (tertiary/aromatic N) is 4. The first kappa shape index (κ1) is 18.2. The zero-order valence-corrected chi connectivity index (χ0v) is 16.5. The van der Waals surface area contributed by atoms with Crippen LogP contribution in [0.25, 0.3) is 10.2 Å². The molecular weight excluding hydrogens is 372 g/mol. The third-order valence-electron chi connectivity index (χ3n) is 4.48. The van der Waals surface area contributed by atoms with Crippen molar-refractivity contribution < 1.29 is 9.53 Å². The summed E-state index contributed by atoms with van der Waals surface area (Å²) < 4.78 is 8.01. The van der Waals surface area contributed by atoms with Crippen molar-refractivity contribution in [1.29, 1.82) is 0 Å². The fourth-order valence-electron chi connectivity index (χ4n) is 3.03. The van der Waals surface area contributed by atoms with E-state index < -0.39 is 0 Å². The van der Waals surface area contributed by atoms with E-state index in [4.69, 9.17) is 9.72 Å². The Morgan fingerprint density at radius 2 is 2.00 bits per heavy atom. The number of benzene rings is 2. The van der Waals surface area contributed by atoms with Crippen LogP contribution in [0.5, 0.6) is 5.75 Å². The quantitative estimate of drug-likeness (QED) is 0.489. The van der Waals surface area contributed by atoms with Crippen LogP contribution < -0.4 is 9.64 Å². The SMILES string of the molecule is CCn1nccc1C(=O)N(Cc1ccccc1)c1nc2cc(OC)ccc2s1. The maximum Gasteiger partial charge on any atom is 0.278 e. The number of fused-ring (bicyclic) bond motifs is 1. The number of rotatable bonds is 6. The Balaban J connectivity index is 1.77. The molecule has 0 fully saturated rings. The molecule has 0 bridgehead atoms. The van der Waals surface area contributed by atoms with Gasteiger partial charge < -0.3 is 4.74 Å². The zero-order valence-electron chi connectivity index (χ0n) is 15.7. The van der Waals surface area contributed by atoms with Gasteiger partial charge in [-0.3, -0.25) is 14.4 Å². The van der Waals surface area contributed by atoms with E-state index in [9.17, 15) is 4.79 Å². The molecule has 4 aromatic rings. The van der Waals surface area contributed by atoms with Crippen molar-refractivity contribution in [1.82, 2.24) is 14.8 Å². The Morgan fingerprint density at radius 1 is 1.18 bits per heavy atom. The molecule has 2 aromatic heterocycles. The third kappa shape index (κ3) is 3.48. The Bertz CT molecular complexity index is 1100. The van der Waals surface area contributed by atoms with Crippen LogP contribution in [0, 0.1) is 0 Å². The summed E-state index contributed by atoms with van der Waals surface area (Å²) in [5.74, 6) is 0.628. The number of methoxy groups -OCH3 is 1. The number of aromatic nitrogens is 3. The van der Waals surface area contributed by atoms with Crippen molar-refractivity contribution in [3.63, 3.8) is 0 Å². The molecule has 2 aromatic carbocycles. The molecule has 142 valence electrons. The Hall–Kier alpha value is -3.19. The van der Waals surface area contributed by atoms with E-state index in [0.29, 0.717) is 23.9 Å². The molecule has 4 rings (SSSR count). The van der Waals surface area contributed by atoms with Gasteiger partial charge in [-0.1, -0.05) is 41.7 Å². The molecule has 0 aliphatic carbocycles.